The van der Waals surface area contributed by atoms with Gasteiger partial charge in [-0.05, 0) is 17.7 Å². The molecule has 1 atom stereocenters. The van der Waals surface area contributed by atoms with E-state index in [-0.39, 0.29) is 11.1 Å². The van der Waals surface area contributed by atoms with Crippen LogP contribution in [0.3, 0.4) is 0 Å². The average Bonchev–Trinajstić information content (AvgIpc) is 3.01. The number of hydrogen-bond donors (Lipinski definition) is 1. The lowest BCUT2D eigenvalue weighted by atomic mass is 9.76. The van der Waals surface area contributed by atoms with Crippen molar-refractivity contribution in [1.82, 2.24) is 4.90 Å². The molecule has 0 aliphatic carbocycles. The normalized spacial score (nSPS) is 17.6. The summed E-state index contributed by atoms with van der Waals surface area (Å²) in [6.45, 7) is -0.469. The van der Waals surface area contributed by atoms with E-state index in [4.69, 9.17) is 10.5 Å². The van der Waals surface area contributed by atoms with Gasteiger partial charge in [-0.15, -0.1) is 0 Å². The molecule has 0 saturated carbocycles. The Labute approximate surface area is 171 Å². The van der Waals surface area contributed by atoms with E-state index >= 15 is 8.78 Å². The standard InChI is InChI=1S/C23H18F2N2O3/c24-18-12-6-4-10-16(18)23(17-11-5-7-13-19(17)25)21(15-8-2-1-3-9-15)27(14-20(26)28)22(29)30-23/h1-13,21H,14H2,(H2,26,28)/t21-/m0/s1. The third kappa shape index (κ3) is 3.08. The van der Waals surface area contributed by atoms with E-state index in [1.807, 2.05) is 0 Å². The van der Waals surface area contributed by atoms with Gasteiger partial charge in [-0.1, -0.05) is 66.7 Å². The first-order chi connectivity index (χ1) is 14.4. The van der Waals surface area contributed by atoms with Crippen molar-refractivity contribution in [2.24, 2.45) is 5.73 Å². The number of benzene rings is 3. The number of cyclic esters (lactones) is 1. The molecule has 1 saturated heterocycles. The van der Waals surface area contributed by atoms with Gasteiger partial charge in [0.2, 0.25) is 5.91 Å². The Morgan fingerprint density at radius 3 is 1.90 bits per heavy atom. The number of rotatable bonds is 5. The van der Waals surface area contributed by atoms with Gasteiger partial charge < -0.3 is 10.5 Å². The van der Waals surface area contributed by atoms with Crippen molar-refractivity contribution >= 4 is 12.0 Å². The largest absolute Gasteiger partial charge is 0.430 e. The molecule has 4 rings (SSSR count). The van der Waals surface area contributed by atoms with Crippen LogP contribution in [0.2, 0.25) is 0 Å². The lowest BCUT2D eigenvalue weighted by Gasteiger charge is -2.36. The van der Waals surface area contributed by atoms with Gasteiger partial charge >= 0.3 is 6.09 Å². The van der Waals surface area contributed by atoms with Crippen LogP contribution in [0.4, 0.5) is 13.6 Å². The van der Waals surface area contributed by atoms with Crippen LogP contribution < -0.4 is 5.73 Å². The minimum atomic E-state index is -1.87. The molecule has 1 aliphatic rings. The van der Waals surface area contributed by atoms with E-state index in [0.29, 0.717) is 5.56 Å². The molecule has 30 heavy (non-hydrogen) atoms. The number of hydrogen-bond acceptors (Lipinski definition) is 3. The smallest absolute Gasteiger partial charge is 0.412 e. The molecule has 2 N–H and O–H groups in total. The van der Waals surface area contributed by atoms with Crippen molar-refractivity contribution in [1.29, 1.82) is 0 Å². The third-order valence-electron chi connectivity index (χ3n) is 5.17. The first-order valence-electron chi connectivity index (χ1n) is 9.28. The van der Waals surface area contributed by atoms with Gasteiger partial charge in [-0.25, -0.2) is 13.6 Å². The molecular weight excluding hydrogens is 390 g/mol. The Hall–Kier alpha value is -3.74. The van der Waals surface area contributed by atoms with Gasteiger partial charge in [0, 0.05) is 11.1 Å². The molecule has 152 valence electrons. The molecule has 0 unspecified atom stereocenters. The molecule has 3 aromatic carbocycles. The summed E-state index contributed by atoms with van der Waals surface area (Å²) < 4.78 is 35.9. The summed E-state index contributed by atoms with van der Waals surface area (Å²) in [5, 5.41) is 0. The Morgan fingerprint density at radius 2 is 1.40 bits per heavy atom. The summed E-state index contributed by atoms with van der Waals surface area (Å²) in [6, 6.07) is 19.1. The highest BCUT2D eigenvalue weighted by Gasteiger charge is 2.59. The second-order valence-corrected chi connectivity index (χ2v) is 6.97. The molecule has 0 bridgehead atoms. The number of halogens is 2. The van der Waals surface area contributed by atoms with Crippen LogP contribution in [0.25, 0.3) is 0 Å². The zero-order valence-corrected chi connectivity index (χ0v) is 15.8. The SMILES string of the molecule is NC(=O)CN1C(=O)OC(c2ccccc2F)(c2ccccc2F)[C@@H]1c1ccccc1. The predicted octanol–water partition coefficient (Wildman–Crippen LogP) is 3.89. The van der Waals surface area contributed by atoms with Crippen LogP contribution in [0.15, 0.2) is 78.9 Å². The van der Waals surface area contributed by atoms with Crippen LogP contribution in [0.1, 0.15) is 22.7 Å². The van der Waals surface area contributed by atoms with E-state index in [2.05, 4.69) is 0 Å². The first-order valence-corrected chi connectivity index (χ1v) is 9.28. The van der Waals surface area contributed by atoms with Crippen LogP contribution in [0.5, 0.6) is 0 Å². The van der Waals surface area contributed by atoms with E-state index in [9.17, 15) is 9.59 Å². The minimum Gasteiger partial charge on any atom is -0.430 e. The average molecular weight is 408 g/mol. The molecule has 3 aromatic rings. The quantitative estimate of drug-likeness (QED) is 0.696. The minimum absolute atomic E-state index is 0.0238. The van der Waals surface area contributed by atoms with Gasteiger partial charge in [-0.2, -0.15) is 0 Å². The second kappa shape index (κ2) is 7.59. The van der Waals surface area contributed by atoms with Crippen molar-refractivity contribution in [2.45, 2.75) is 11.6 Å². The number of nitrogens with zero attached hydrogens (tertiary/aromatic N) is 1. The van der Waals surface area contributed by atoms with Crippen molar-refractivity contribution in [2.75, 3.05) is 6.54 Å². The summed E-state index contributed by atoms with van der Waals surface area (Å²) in [4.78, 5) is 25.8. The van der Waals surface area contributed by atoms with Crippen molar-refractivity contribution < 1.29 is 23.1 Å². The van der Waals surface area contributed by atoms with Gasteiger partial charge in [0.15, 0.2) is 5.60 Å². The molecule has 1 fully saturated rings. The van der Waals surface area contributed by atoms with E-state index in [1.54, 1.807) is 42.5 Å². The second-order valence-electron chi connectivity index (χ2n) is 6.97. The fourth-order valence-electron chi connectivity index (χ4n) is 4.03. The molecule has 5 nitrogen and oxygen atoms in total. The molecule has 0 spiro atoms. The zero-order valence-electron chi connectivity index (χ0n) is 15.8. The van der Waals surface area contributed by atoms with Crippen LogP contribution in [-0.4, -0.2) is 23.4 Å². The number of carbonyl (C=O) groups excluding carboxylic acids is 2. The number of carbonyl (C=O) groups is 2. The molecule has 7 heteroatoms. The number of primary amides is 1. The first kappa shape index (κ1) is 19.6. The van der Waals surface area contributed by atoms with Crippen molar-refractivity contribution in [3.63, 3.8) is 0 Å². The Kier molecular flexibility index (Phi) is 4.95. The highest BCUT2D eigenvalue weighted by atomic mass is 19.1. The monoisotopic (exact) mass is 408 g/mol. The number of nitrogens with two attached hydrogens (primary N) is 1. The fraction of sp³-hybridized carbons (Fsp3) is 0.130. The number of amides is 2. The molecule has 0 aromatic heterocycles. The van der Waals surface area contributed by atoms with E-state index in [1.165, 1.54) is 36.4 Å². The Morgan fingerprint density at radius 1 is 0.900 bits per heavy atom. The van der Waals surface area contributed by atoms with Crippen molar-refractivity contribution in [3.05, 3.63) is 107 Å². The highest BCUT2D eigenvalue weighted by Crippen LogP contribution is 2.53. The lowest BCUT2D eigenvalue weighted by Crippen LogP contribution is -2.41. The molecule has 2 amide bonds. The summed E-state index contributed by atoms with van der Waals surface area (Å²) in [5.41, 5.74) is 3.98. The maximum absolute atomic E-state index is 15.1. The molecule has 1 aliphatic heterocycles. The van der Waals surface area contributed by atoms with Gasteiger partial charge in [0.05, 0.1) is 0 Å². The summed E-state index contributed by atoms with van der Waals surface area (Å²) in [6.07, 6.45) is -0.894. The topological polar surface area (TPSA) is 72.6 Å². The highest BCUT2D eigenvalue weighted by molar-refractivity contribution is 5.83. The molecule has 1 heterocycles. The van der Waals surface area contributed by atoms with Gasteiger partial charge in [-0.3, -0.25) is 9.69 Å². The van der Waals surface area contributed by atoms with Gasteiger partial charge in [0.25, 0.3) is 0 Å². The van der Waals surface area contributed by atoms with Crippen LogP contribution in [0, 0.1) is 11.6 Å². The number of ether oxygens (including phenoxy) is 1. The van der Waals surface area contributed by atoms with Crippen LogP contribution in [-0.2, 0) is 15.1 Å². The summed E-state index contributed by atoms with van der Waals surface area (Å²) in [5.74, 6) is -2.11. The Bertz CT molecular complexity index is 1060. The van der Waals surface area contributed by atoms with Crippen molar-refractivity contribution in [3.8, 4) is 0 Å². The van der Waals surface area contributed by atoms with Gasteiger partial charge in [0.1, 0.15) is 24.2 Å². The summed E-state index contributed by atoms with van der Waals surface area (Å²) >= 11 is 0. The lowest BCUT2D eigenvalue weighted by molar-refractivity contribution is -0.118. The fourth-order valence-corrected chi connectivity index (χ4v) is 4.03. The maximum Gasteiger partial charge on any atom is 0.412 e. The zero-order chi connectivity index (χ0) is 21.3. The maximum atomic E-state index is 15.1. The molecular formula is C23H18F2N2O3. The van der Waals surface area contributed by atoms with E-state index < -0.39 is 41.8 Å². The predicted molar refractivity (Wildman–Crippen MR) is 105 cm³/mol. The van der Waals surface area contributed by atoms with E-state index in [0.717, 1.165) is 4.90 Å². The summed E-state index contributed by atoms with van der Waals surface area (Å²) in [7, 11) is 0. The molecule has 0 radical (unpaired) electrons. The Balaban J connectivity index is 2.07. The third-order valence-corrected chi connectivity index (χ3v) is 5.17. The van der Waals surface area contributed by atoms with Crippen LogP contribution >= 0.6 is 0 Å².